The number of carbonyl (C=O) groups is 1. The number of aromatic nitrogens is 2. The third-order valence-electron chi connectivity index (χ3n) is 5.67. The normalized spacial score (nSPS) is 15.0. The van der Waals surface area contributed by atoms with Gasteiger partial charge in [-0.1, -0.05) is 6.07 Å². The standard InChI is InChI=1S/C23H23F3N4O3S/c1-16-14-21(30(27-16)18-6-8-20(9-7-18)34(2,32)33)22(31)29-12-10-28(11-13-29)19-5-3-4-17(15-19)23(24,25)26/h3-9,14-15H,10-13H2,1-2H3. The van der Waals surface area contributed by atoms with Crippen LogP contribution in [0.5, 0.6) is 0 Å². The summed E-state index contributed by atoms with van der Waals surface area (Å²) in [5.74, 6) is -0.253. The lowest BCUT2D eigenvalue weighted by atomic mass is 10.1. The SMILES string of the molecule is Cc1cc(C(=O)N2CCN(c3cccc(C(F)(F)F)c3)CC2)n(-c2ccc(S(C)(=O)=O)cc2)n1. The lowest BCUT2D eigenvalue weighted by Crippen LogP contribution is -2.49. The molecular formula is C23H23F3N4O3S. The van der Waals surface area contributed by atoms with Gasteiger partial charge in [0.25, 0.3) is 5.91 Å². The van der Waals surface area contributed by atoms with E-state index in [-0.39, 0.29) is 10.8 Å². The number of sulfone groups is 1. The molecule has 1 aliphatic rings. The molecule has 0 radical (unpaired) electrons. The molecule has 0 aliphatic carbocycles. The zero-order valence-corrected chi connectivity index (χ0v) is 19.4. The number of alkyl halides is 3. The Morgan fingerprint density at radius 3 is 2.18 bits per heavy atom. The highest BCUT2D eigenvalue weighted by molar-refractivity contribution is 7.90. The van der Waals surface area contributed by atoms with Crippen molar-refractivity contribution in [2.24, 2.45) is 0 Å². The first kappa shape index (κ1) is 23.8. The van der Waals surface area contributed by atoms with Gasteiger partial charge in [0.05, 0.1) is 21.8 Å². The number of carbonyl (C=O) groups excluding carboxylic acids is 1. The van der Waals surface area contributed by atoms with Gasteiger partial charge >= 0.3 is 6.18 Å². The largest absolute Gasteiger partial charge is 0.416 e. The van der Waals surface area contributed by atoms with Crippen molar-refractivity contribution in [3.63, 3.8) is 0 Å². The van der Waals surface area contributed by atoms with Crippen LogP contribution in [0.15, 0.2) is 59.5 Å². The van der Waals surface area contributed by atoms with E-state index in [0.717, 1.165) is 18.4 Å². The van der Waals surface area contributed by atoms with E-state index in [2.05, 4.69) is 5.10 Å². The molecule has 0 unspecified atom stereocenters. The second-order valence-corrected chi connectivity index (χ2v) is 10.2. The van der Waals surface area contributed by atoms with E-state index in [1.165, 1.54) is 22.9 Å². The molecule has 180 valence electrons. The number of rotatable bonds is 4. The van der Waals surface area contributed by atoms with E-state index in [4.69, 9.17) is 0 Å². The van der Waals surface area contributed by atoms with E-state index in [9.17, 15) is 26.4 Å². The summed E-state index contributed by atoms with van der Waals surface area (Å²) in [4.78, 5) is 16.9. The Kier molecular flexibility index (Phi) is 6.15. The second-order valence-electron chi connectivity index (χ2n) is 8.18. The summed E-state index contributed by atoms with van der Waals surface area (Å²) in [6.45, 7) is 3.22. The van der Waals surface area contributed by atoms with Crippen molar-refractivity contribution >= 4 is 21.4 Å². The van der Waals surface area contributed by atoms with Gasteiger partial charge < -0.3 is 9.80 Å². The van der Waals surface area contributed by atoms with Crippen molar-refractivity contribution < 1.29 is 26.4 Å². The number of benzene rings is 2. The molecule has 1 amide bonds. The number of piperazine rings is 1. The van der Waals surface area contributed by atoms with E-state index in [0.29, 0.717) is 48.9 Å². The highest BCUT2D eigenvalue weighted by Crippen LogP contribution is 2.32. The summed E-state index contributed by atoms with van der Waals surface area (Å²) < 4.78 is 64.0. The summed E-state index contributed by atoms with van der Waals surface area (Å²) in [6, 6.07) is 12.9. The molecule has 1 aromatic heterocycles. The highest BCUT2D eigenvalue weighted by atomic mass is 32.2. The fraction of sp³-hybridized carbons (Fsp3) is 0.304. The lowest BCUT2D eigenvalue weighted by molar-refractivity contribution is -0.137. The molecule has 2 heterocycles. The van der Waals surface area contributed by atoms with Crippen LogP contribution in [0.3, 0.4) is 0 Å². The molecule has 0 bridgehead atoms. The van der Waals surface area contributed by atoms with Gasteiger partial charge in [-0.3, -0.25) is 4.79 Å². The van der Waals surface area contributed by atoms with E-state index in [1.54, 1.807) is 36.1 Å². The predicted molar refractivity (Wildman–Crippen MR) is 121 cm³/mol. The number of hydrogen-bond donors (Lipinski definition) is 0. The number of halogens is 3. The minimum absolute atomic E-state index is 0.165. The minimum Gasteiger partial charge on any atom is -0.368 e. The Morgan fingerprint density at radius 1 is 0.941 bits per heavy atom. The molecule has 0 atom stereocenters. The number of anilines is 1. The molecule has 1 saturated heterocycles. The molecule has 4 rings (SSSR count). The monoisotopic (exact) mass is 492 g/mol. The number of nitrogens with zero attached hydrogens (tertiary/aromatic N) is 4. The third kappa shape index (κ3) is 4.93. The Labute approximate surface area is 195 Å². The second kappa shape index (κ2) is 8.79. The molecule has 7 nitrogen and oxygen atoms in total. The predicted octanol–water partition coefficient (Wildman–Crippen LogP) is 3.57. The molecule has 3 aromatic rings. The van der Waals surface area contributed by atoms with Crippen LogP contribution in [0.2, 0.25) is 0 Å². The molecule has 34 heavy (non-hydrogen) atoms. The van der Waals surface area contributed by atoms with Gasteiger partial charge in [-0.2, -0.15) is 18.3 Å². The molecule has 1 fully saturated rings. The van der Waals surface area contributed by atoms with Gasteiger partial charge in [0.1, 0.15) is 5.69 Å². The van der Waals surface area contributed by atoms with Crippen molar-refractivity contribution in [3.05, 3.63) is 71.5 Å². The van der Waals surface area contributed by atoms with Crippen LogP contribution in [0, 0.1) is 6.92 Å². The Balaban J connectivity index is 1.50. The number of aryl methyl sites for hydroxylation is 1. The minimum atomic E-state index is -4.41. The Bertz CT molecular complexity index is 1310. The van der Waals surface area contributed by atoms with Gasteiger partial charge in [-0.15, -0.1) is 0 Å². The van der Waals surface area contributed by atoms with E-state index >= 15 is 0 Å². The quantitative estimate of drug-likeness (QED) is 0.557. The third-order valence-corrected chi connectivity index (χ3v) is 6.79. The molecular weight excluding hydrogens is 469 g/mol. The van der Waals surface area contributed by atoms with Crippen LogP contribution in [0.1, 0.15) is 21.7 Å². The lowest BCUT2D eigenvalue weighted by Gasteiger charge is -2.36. The summed E-state index contributed by atoms with van der Waals surface area (Å²) in [6.07, 6.45) is -3.29. The van der Waals surface area contributed by atoms with Crippen molar-refractivity contribution in [2.45, 2.75) is 18.0 Å². The van der Waals surface area contributed by atoms with Crippen LogP contribution in [0.25, 0.3) is 5.69 Å². The van der Waals surface area contributed by atoms with Crippen LogP contribution in [-0.4, -0.2) is 61.4 Å². The summed E-state index contributed by atoms with van der Waals surface area (Å²) in [7, 11) is -3.35. The van der Waals surface area contributed by atoms with Gasteiger partial charge in [0, 0.05) is 38.1 Å². The molecule has 0 N–H and O–H groups in total. The van der Waals surface area contributed by atoms with Crippen LogP contribution in [0.4, 0.5) is 18.9 Å². The van der Waals surface area contributed by atoms with Crippen LogP contribution >= 0.6 is 0 Å². The van der Waals surface area contributed by atoms with E-state index in [1.807, 2.05) is 4.90 Å². The fourth-order valence-corrected chi connectivity index (χ4v) is 4.52. The van der Waals surface area contributed by atoms with Crippen molar-refractivity contribution in [3.8, 4) is 5.69 Å². The van der Waals surface area contributed by atoms with Crippen LogP contribution in [-0.2, 0) is 16.0 Å². The summed E-state index contributed by atoms with van der Waals surface area (Å²) >= 11 is 0. The highest BCUT2D eigenvalue weighted by Gasteiger charge is 2.31. The summed E-state index contributed by atoms with van der Waals surface area (Å²) in [5, 5.41) is 4.39. The average Bonchev–Trinajstić information content (AvgIpc) is 3.19. The zero-order chi connectivity index (χ0) is 24.7. The molecule has 1 aliphatic heterocycles. The maximum Gasteiger partial charge on any atom is 0.416 e. The topological polar surface area (TPSA) is 75.5 Å². The first-order valence-electron chi connectivity index (χ1n) is 10.5. The summed E-state index contributed by atoms with van der Waals surface area (Å²) in [5.41, 5.74) is 1.26. The number of amides is 1. The molecule has 0 spiro atoms. The van der Waals surface area contributed by atoms with Crippen LogP contribution < -0.4 is 4.90 Å². The molecule has 0 saturated carbocycles. The van der Waals surface area contributed by atoms with Gasteiger partial charge in [0.15, 0.2) is 9.84 Å². The first-order valence-corrected chi connectivity index (χ1v) is 12.4. The number of hydrogen-bond acceptors (Lipinski definition) is 5. The zero-order valence-electron chi connectivity index (χ0n) is 18.6. The molecule has 11 heteroatoms. The van der Waals surface area contributed by atoms with Gasteiger partial charge in [-0.05, 0) is 55.5 Å². The van der Waals surface area contributed by atoms with E-state index < -0.39 is 21.6 Å². The van der Waals surface area contributed by atoms with Crippen molar-refractivity contribution in [1.29, 1.82) is 0 Å². The Hall–Kier alpha value is -3.34. The smallest absolute Gasteiger partial charge is 0.368 e. The van der Waals surface area contributed by atoms with Gasteiger partial charge in [-0.25, -0.2) is 13.1 Å². The van der Waals surface area contributed by atoms with Crippen molar-refractivity contribution in [1.82, 2.24) is 14.7 Å². The maximum atomic E-state index is 13.3. The maximum absolute atomic E-state index is 13.3. The van der Waals surface area contributed by atoms with Gasteiger partial charge in [0.2, 0.25) is 0 Å². The van der Waals surface area contributed by atoms with Crippen molar-refractivity contribution in [2.75, 3.05) is 37.3 Å². The average molecular weight is 493 g/mol. The first-order chi connectivity index (χ1) is 15.9. The fourth-order valence-electron chi connectivity index (χ4n) is 3.89. The Morgan fingerprint density at radius 2 is 1.59 bits per heavy atom. The molecule has 2 aromatic carbocycles.